The van der Waals surface area contributed by atoms with E-state index in [-0.39, 0.29) is 11.4 Å². The SMILES string of the molecule is CCc1cc(C(=O)Nc2ccccc2F)nc2cc(-c3ccsc3)nn12. The first-order valence-electron chi connectivity index (χ1n) is 8.14. The summed E-state index contributed by atoms with van der Waals surface area (Å²) in [5, 5.41) is 11.2. The lowest BCUT2D eigenvalue weighted by Gasteiger charge is -2.08. The Labute approximate surface area is 153 Å². The number of aryl methyl sites for hydroxylation is 1. The van der Waals surface area contributed by atoms with Gasteiger partial charge >= 0.3 is 0 Å². The third kappa shape index (κ3) is 2.97. The van der Waals surface area contributed by atoms with Gasteiger partial charge in [-0.05, 0) is 36.1 Å². The van der Waals surface area contributed by atoms with Gasteiger partial charge in [0.2, 0.25) is 0 Å². The van der Waals surface area contributed by atoms with Crippen LogP contribution in [-0.4, -0.2) is 20.5 Å². The van der Waals surface area contributed by atoms with Gasteiger partial charge in [-0.2, -0.15) is 16.4 Å². The second-order valence-corrected chi connectivity index (χ2v) is 6.51. The number of anilines is 1. The van der Waals surface area contributed by atoms with E-state index < -0.39 is 11.7 Å². The number of rotatable bonds is 4. The number of carbonyl (C=O) groups is 1. The van der Waals surface area contributed by atoms with Crippen LogP contribution >= 0.6 is 11.3 Å². The van der Waals surface area contributed by atoms with Crippen molar-refractivity contribution >= 4 is 28.6 Å². The smallest absolute Gasteiger partial charge is 0.274 e. The van der Waals surface area contributed by atoms with Crippen LogP contribution in [0.25, 0.3) is 16.9 Å². The van der Waals surface area contributed by atoms with Crippen LogP contribution in [0.2, 0.25) is 0 Å². The summed E-state index contributed by atoms with van der Waals surface area (Å²) in [5.41, 5.74) is 3.62. The van der Waals surface area contributed by atoms with E-state index in [9.17, 15) is 9.18 Å². The van der Waals surface area contributed by atoms with E-state index in [1.54, 1.807) is 34.1 Å². The van der Waals surface area contributed by atoms with E-state index in [2.05, 4.69) is 15.4 Å². The molecule has 0 unspecified atom stereocenters. The zero-order chi connectivity index (χ0) is 18.1. The van der Waals surface area contributed by atoms with Crippen molar-refractivity contribution in [2.75, 3.05) is 5.32 Å². The van der Waals surface area contributed by atoms with Crippen molar-refractivity contribution in [2.24, 2.45) is 0 Å². The molecule has 0 saturated carbocycles. The van der Waals surface area contributed by atoms with E-state index in [1.807, 2.05) is 29.8 Å². The highest BCUT2D eigenvalue weighted by atomic mass is 32.1. The Balaban J connectivity index is 1.73. The Morgan fingerprint density at radius 3 is 2.85 bits per heavy atom. The molecule has 3 aromatic heterocycles. The van der Waals surface area contributed by atoms with Crippen LogP contribution in [-0.2, 0) is 6.42 Å². The van der Waals surface area contributed by atoms with Gasteiger partial charge in [0.15, 0.2) is 5.65 Å². The summed E-state index contributed by atoms with van der Waals surface area (Å²) in [4.78, 5) is 17.0. The molecule has 1 N–H and O–H groups in total. The maximum atomic E-state index is 13.8. The average molecular weight is 366 g/mol. The van der Waals surface area contributed by atoms with Crippen molar-refractivity contribution in [3.05, 3.63) is 70.4 Å². The number of para-hydroxylation sites is 1. The Kier molecular flexibility index (Phi) is 4.22. The summed E-state index contributed by atoms with van der Waals surface area (Å²) in [6, 6.07) is 11.6. The Morgan fingerprint density at radius 2 is 2.12 bits per heavy atom. The average Bonchev–Trinajstić information content (AvgIpc) is 3.31. The molecule has 26 heavy (non-hydrogen) atoms. The van der Waals surface area contributed by atoms with Gasteiger partial charge in [-0.1, -0.05) is 19.1 Å². The maximum Gasteiger partial charge on any atom is 0.274 e. The van der Waals surface area contributed by atoms with Gasteiger partial charge in [-0.25, -0.2) is 13.9 Å². The Morgan fingerprint density at radius 1 is 1.27 bits per heavy atom. The fourth-order valence-electron chi connectivity index (χ4n) is 2.71. The van der Waals surface area contributed by atoms with Crippen molar-refractivity contribution in [1.82, 2.24) is 14.6 Å². The summed E-state index contributed by atoms with van der Waals surface area (Å²) in [5.74, 6) is -0.938. The lowest BCUT2D eigenvalue weighted by molar-refractivity contribution is 0.102. The molecule has 5 nitrogen and oxygen atoms in total. The highest BCUT2D eigenvalue weighted by Crippen LogP contribution is 2.23. The molecule has 0 fully saturated rings. The monoisotopic (exact) mass is 366 g/mol. The van der Waals surface area contributed by atoms with E-state index in [0.717, 1.165) is 17.0 Å². The van der Waals surface area contributed by atoms with Crippen LogP contribution in [0.15, 0.2) is 53.2 Å². The van der Waals surface area contributed by atoms with Crippen LogP contribution in [0, 0.1) is 5.82 Å². The molecule has 0 spiro atoms. The molecule has 4 aromatic rings. The van der Waals surface area contributed by atoms with Crippen LogP contribution in [0.3, 0.4) is 0 Å². The number of amides is 1. The number of nitrogens with zero attached hydrogens (tertiary/aromatic N) is 3. The number of hydrogen-bond donors (Lipinski definition) is 1. The molecule has 7 heteroatoms. The minimum atomic E-state index is -0.485. The van der Waals surface area contributed by atoms with Crippen LogP contribution in [0.5, 0.6) is 0 Å². The van der Waals surface area contributed by atoms with Gasteiger partial charge in [-0.15, -0.1) is 0 Å². The zero-order valence-corrected chi connectivity index (χ0v) is 14.8. The summed E-state index contributed by atoms with van der Waals surface area (Å²) >= 11 is 1.60. The number of hydrogen-bond acceptors (Lipinski definition) is 4. The number of thiophene rings is 1. The predicted octanol–water partition coefficient (Wildman–Crippen LogP) is 4.41. The molecule has 1 amide bonds. The van der Waals surface area contributed by atoms with Crippen molar-refractivity contribution in [2.45, 2.75) is 13.3 Å². The van der Waals surface area contributed by atoms with E-state index in [1.165, 1.54) is 12.1 Å². The molecule has 1 aromatic carbocycles. The summed E-state index contributed by atoms with van der Waals surface area (Å²) < 4.78 is 15.5. The first kappa shape index (κ1) is 16.4. The molecule has 130 valence electrons. The van der Waals surface area contributed by atoms with Crippen LogP contribution in [0.4, 0.5) is 10.1 Å². The quantitative estimate of drug-likeness (QED) is 0.582. The lowest BCUT2D eigenvalue weighted by atomic mass is 10.2. The third-order valence-electron chi connectivity index (χ3n) is 4.03. The number of nitrogens with one attached hydrogen (secondary N) is 1. The van der Waals surface area contributed by atoms with Gasteiger partial charge < -0.3 is 5.32 Å². The molecule has 0 aliphatic rings. The highest BCUT2D eigenvalue weighted by molar-refractivity contribution is 7.08. The molecule has 0 aliphatic carbocycles. The van der Waals surface area contributed by atoms with Gasteiger partial charge in [0, 0.05) is 22.7 Å². The standard InChI is InChI=1S/C19H15FN4OS/c1-2-13-9-17(19(25)22-15-6-4-3-5-14(15)20)21-18-10-16(23-24(13)18)12-7-8-26-11-12/h3-11H,2H2,1H3,(H,22,25). The second kappa shape index (κ2) is 6.68. The third-order valence-corrected chi connectivity index (χ3v) is 4.72. The van der Waals surface area contributed by atoms with Crippen molar-refractivity contribution in [1.29, 1.82) is 0 Å². The molecule has 0 radical (unpaired) electrons. The molecule has 0 saturated heterocycles. The minimum Gasteiger partial charge on any atom is -0.318 e. The molecule has 0 atom stereocenters. The van der Waals surface area contributed by atoms with Gasteiger partial charge in [0.05, 0.1) is 11.4 Å². The molecule has 0 aliphatic heterocycles. The summed E-state index contributed by atoms with van der Waals surface area (Å²) in [6.07, 6.45) is 0.684. The highest BCUT2D eigenvalue weighted by Gasteiger charge is 2.15. The van der Waals surface area contributed by atoms with E-state index in [0.29, 0.717) is 12.1 Å². The van der Waals surface area contributed by atoms with Crippen molar-refractivity contribution in [3.63, 3.8) is 0 Å². The fraction of sp³-hybridized carbons (Fsp3) is 0.105. The van der Waals surface area contributed by atoms with Gasteiger partial charge in [0.25, 0.3) is 5.91 Å². The van der Waals surface area contributed by atoms with Crippen molar-refractivity contribution < 1.29 is 9.18 Å². The summed E-state index contributed by atoms with van der Waals surface area (Å²) in [6.45, 7) is 1.99. The maximum absolute atomic E-state index is 13.8. The molecule has 4 rings (SSSR count). The largest absolute Gasteiger partial charge is 0.318 e. The normalized spacial score (nSPS) is 11.0. The topological polar surface area (TPSA) is 59.3 Å². The summed E-state index contributed by atoms with van der Waals surface area (Å²) in [7, 11) is 0. The molecule has 3 heterocycles. The fourth-order valence-corrected chi connectivity index (χ4v) is 3.35. The van der Waals surface area contributed by atoms with Crippen LogP contribution in [0.1, 0.15) is 23.1 Å². The molecular weight excluding hydrogens is 351 g/mol. The van der Waals surface area contributed by atoms with Gasteiger partial charge in [0.1, 0.15) is 11.5 Å². The Hall–Kier alpha value is -3.06. The van der Waals surface area contributed by atoms with Crippen molar-refractivity contribution in [3.8, 4) is 11.3 Å². The minimum absolute atomic E-state index is 0.129. The zero-order valence-electron chi connectivity index (χ0n) is 13.9. The number of carbonyl (C=O) groups excluding carboxylic acids is 1. The van der Waals surface area contributed by atoms with E-state index >= 15 is 0 Å². The number of aromatic nitrogens is 3. The number of fused-ring (bicyclic) bond motifs is 1. The first-order chi connectivity index (χ1) is 12.7. The molecular formula is C19H15FN4OS. The predicted molar refractivity (Wildman–Crippen MR) is 100 cm³/mol. The number of benzene rings is 1. The Bertz CT molecular complexity index is 1090. The van der Waals surface area contributed by atoms with Crippen LogP contribution < -0.4 is 5.32 Å². The number of halogens is 1. The molecule has 0 bridgehead atoms. The second-order valence-electron chi connectivity index (χ2n) is 5.73. The van der Waals surface area contributed by atoms with Gasteiger partial charge in [-0.3, -0.25) is 4.79 Å². The first-order valence-corrected chi connectivity index (χ1v) is 9.08. The van der Waals surface area contributed by atoms with E-state index in [4.69, 9.17) is 0 Å². The lowest BCUT2D eigenvalue weighted by Crippen LogP contribution is -2.16.